The first kappa shape index (κ1) is 14.0. The Morgan fingerprint density at radius 2 is 2.00 bits per heavy atom. The van der Waals surface area contributed by atoms with Gasteiger partial charge in [0.2, 0.25) is 10.0 Å². The van der Waals surface area contributed by atoms with Crippen LogP contribution in [0.25, 0.3) is 0 Å². The van der Waals surface area contributed by atoms with Gasteiger partial charge in [0.1, 0.15) is 0 Å². The van der Waals surface area contributed by atoms with Crippen LogP contribution in [-0.2, 0) is 10.0 Å². The molecule has 17 heavy (non-hydrogen) atoms. The molecule has 0 radical (unpaired) electrons. The molecular formula is C11H18N2O3S. The van der Waals surface area contributed by atoms with Crippen LogP contribution < -0.4 is 10.5 Å². The lowest BCUT2D eigenvalue weighted by atomic mass is 10.1. The van der Waals surface area contributed by atoms with Crippen molar-refractivity contribution in [2.24, 2.45) is 0 Å². The Bertz CT molecular complexity index is 486. The molecular weight excluding hydrogens is 240 g/mol. The number of anilines is 1. The van der Waals surface area contributed by atoms with E-state index in [-0.39, 0.29) is 11.4 Å². The maximum absolute atomic E-state index is 11.9. The van der Waals surface area contributed by atoms with Crippen molar-refractivity contribution < 1.29 is 13.5 Å². The van der Waals surface area contributed by atoms with Gasteiger partial charge >= 0.3 is 0 Å². The number of aryl methyl sites for hydroxylation is 1. The Morgan fingerprint density at radius 3 is 2.47 bits per heavy atom. The first-order valence-corrected chi connectivity index (χ1v) is 6.77. The standard InChI is InChI=1S/C11H18N2O3S/c1-7-4-10(5-11(12)9(7)3)17(15,16)13-6-8(2)14/h4-5,8,13-14H,6,12H2,1-3H3/t8-/m1/s1. The Kier molecular flexibility index (Phi) is 4.13. The molecule has 0 bridgehead atoms. The summed E-state index contributed by atoms with van der Waals surface area (Å²) in [6.45, 7) is 5.14. The molecule has 4 N–H and O–H groups in total. The molecule has 0 amide bonds. The Balaban J connectivity index is 3.08. The van der Waals surface area contributed by atoms with Crippen molar-refractivity contribution in [1.82, 2.24) is 4.72 Å². The fourth-order valence-corrected chi connectivity index (χ4v) is 2.56. The van der Waals surface area contributed by atoms with E-state index in [9.17, 15) is 8.42 Å². The third-order valence-corrected chi connectivity index (χ3v) is 3.96. The normalized spacial score (nSPS) is 13.6. The summed E-state index contributed by atoms with van der Waals surface area (Å²) in [6, 6.07) is 2.99. The van der Waals surface area contributed by atoms with Gasteiger partial charge in [-0.1, -0.05) is 0 Å². The first-order chi connectivity index (χ1) is 7.74. The van der Waals surface area contributed by atoms with Gasteiger partial charge in [0.05, 0.1) is 11.0 Å². The van der Waals surface area contributed by atoms with E-state index in [4.69, 9.17) is 10.8 Å². The van der Waals surface area contributed by atoms with Gasteiger partial charge in [-0.3, -0.25) is 0 Å². The first-order valence-electron chi connectivity index (χ1n) is 5.28. The third-order valence-electron chi connectivity index (χ3n) is 2.56. The second-order valence-corrected chi connectivity index (χ2v) is 5.92. The Morgan fingerprint density at radius 1 is 1.41 bits per heavy atom. The number of hydrogen-bond donors (Lipinski definition) is 3. The second kappa shape index (κ2) is 5.03. The predicted molar refractivity (Wildman–Crippen MR) is 67.2 cm³/mol. The van der Waals surface area contributed by atoms with Crippen LogP contribution in [0.2, 0.25) is 0 Å². The minimum atomic E-state index is -3.61. The van der Waals surface area contributed by atoms with Crippen LogP contribution in [0.1, 0.15) is 18.1 Å². The lowest BCUT2D eigenvalue weighted by Crippen LogP contribution is -2.30. The average molecular weight is 258 g/mol. The molecule has 96 valence electrons. The molecule has 0 aliphatic carbocycles. The van der Waals surface area contributed by atoms with Crippen molar-refractivity contribution in [3.63, 3.8) is 0 Å². The predicted octanol–water partition coefficient (Wildman–Crippen LogP) is 0.545. The zero-order valence-electron chi connectivity index (χ0n) is 10.2. The minimum absolute atomic E-state index is 0.0187. The number of aliphatic hydroxyl groups excluding tert-OH is 1. The lowest BCUT2D eigenvalue weighted by Gasteiger charge is -2.11. The molecule has 0 aliphatic rings. The summed E-state index contributed by atoms with van der Waals surface area (Å²) in [5.41, 5.74) is 7.88. The SMILES string of the molecule is Cc1cc(S(=O)(=O)NC[C@@H](C)O)cc(N)c1C. The number of hydrogen-bond acceptors (Lipinski definition) is 4. The number of benzene rings is 1. The molecule has 1 aromatic carbocycles. The van der Waals surface area contributed by atoms with E-state index < -0.39 is 16.1 Å². The molecule has 1 rings (SSSR count). The van der Waals surface area contributed by atoms with Gasteiger partial charge in [0, 0.05) is 12.2 Å². The molecule has 0 aromatic heterocycles. The number of rotatable bonds is 4. The van der Waals surface area contributed by atoms with Gasteiger partial charge in [-0.2, -0.15) is 0 Å². The number of nitrogens with one attached hydrogen (secondary N) is 1. The number of sulfonamides is 1. The average Bonchev–Trinajstić information content (AvgIpc) is 2.22. The molecule has 0 heterocycles. The van der Waals surface area contributed by atoms with Crippen LogP contribution in [0, 0.1) is 13.8 Å². The zero-order chi connectivity index (χ0) is 13.2. The highest BCUT2D eigenvalue weighted by Gasteiger charge is 2.16. The summed E-state index contributed by atoms with van der Waals surface area (Å²) in [6.07, 6.45) is -0.728. The second-order valence-electron chi connectivity index (χ2n) is 4.16. The molecule has 0 saturated heterocycles. The number of nitrogens with two attached hydrogens (primary N) is 1. The fourth-order valence-electron chi connectivity index (χ4n) is 1.32. The van der Waals surface area contributed by atoms with Crippen LogP contribution in [0.4, 0.5) is 5.69 Å². The van der Waals surface area contributed by atoms with Crippen LogP contribution in [0.5, 0.6) is 0 Å². The molecule has 0 aliphatic heterocycles. The summed E-state index contributed by atoms with van der Waals surface area (Å²) in [4.78, 5) is 0.124. The van der Waals surface area contributed by atoms with Gasteiger partial charge < -0.3 is 10.8 Å². The maximum Gasteiger partial charge on any atom is 0.240 e. The third kappa shape index (κ3) is 3.42. The Labute approximate surface area is 102 Å². The molecule has 5 nitrogen and oxygen atoms in total. The van der Waals surface area contributed by atoms with Crippen molar-refractivity contribution in [1.29, 1.82) is 0 Å². The van der Waals surface area contributed by atoms with E-state index in [1.54, 1.807) is 13.0 Å². The molecule has 1 aromatic rings. The van der Waals surface area contributed by atoms with E-state index >= 15 is 0 Å². The van der Waals surface area contributed by atoms with Crippen molar-refractivity contribution in [2.75, 3.05) is 12.3 Å². The highest BCUT2D eigenvalue weighted by Crippen LogP contribution is 2.21. The minimum Gasteiger partial charge on any atom is -0.398 e. The van der Waals surface area contributed by atoms with E-state index in [0.717, 1.165) is 11.1 Å². The maximum atomic E-state index is 11.9. The quantitative estimate of drug-likeness (QED) is 0.687. The molecule has 1 atom stereocenters. The molecule has 0 unspecified atom stereocenters. The molecule has 0 fully saturated rings. The van der Waals surface area contributed by atoms with E-state index in [1.807, 2.05) is 6.92 Å². The summed E-state index contributed by atoms with van der Waals surface area (Å²) < 4.78 is 26.1. The van der Waals surface area contributed by atoms with E-state index in [0.29, 0.717) is 5.69 Å². The van der Waals surface area contributed by atoms with Crippen molar-refractivity contribution in [3.8, 4) is 0 Å². The highest BCUT2D eigenvalue weighted by molar-refractivity contribution is 7.89. The largest absolute Gasteiger partial charge is 0.398 e. The van der Waals surface area contributed by atoms with Crippen molar-refractivity contribution in [2.45, 2.75) is 31.8 Å². The van der Waals surface area contributed by atoms with Crippen LogP contribution in [-0.4, -0.2) is 26.2 Å². The van der Waals surface area contributed by atoms with Gasteiger partial charge in [0.15, 0.2) is 0 Å². The van der Waals surface area contributed by atoms with Crippen LogP contribution in [0.3, 0.4) is 0 Å². The van der Waals surface area contributed by atoms with E-state index in [2.05, 4.69) is 4.72 Å². The topological polar surface area (TPSA) is 92.4 Å². The smallest absolute Gasteiger partial charge is 0.240 e. The van der Waals surface area contributed by atoms with Gasteiger partial charge in [0.25, 0.3) is 0 Å². The Hall–Kier alpha value is -1.11. The van der Waals surface area contributed by atoms with Gasteiger partial charge in [-0.25, -0.2) is 13.1 Å². The van der Waals surface area contributed by atoms with Crippen molar-refractivity contribution in [3.05, 3.63) is 23.3 Å². The zero-order valence-corrected chi connectivity index (χ0v) is 11.0. The summed E-state index contributed by atoms with van der Waals surface area (Å²) in [5, 5.41) is 9.06. The summed E-state index contributed by atoms with van der Waals surface area (Å²) in [5.74, 6) is 0. The number of nitrogen functional groups attached to an aromatic ring is 1. The summed E-state index contributed by atoms with van der Waals surface area (Å²) >= 11 is 0. The molecule has 0 spiro atoms. The molecule has 0 saturated carbocycles. The fraction of sp³-hybridized carbons (Fsp3) is 0.455. The highest BCUT2D eigenvalue weighted by atomic mass is 32.2. The molecule has 6 heteroatoms. The van der Waals surface area contributed by atoms with E-state index in [1.165, 1.54) is 13.0 Å². The van der Waals surface area contributed by atoms with Gasteiger partial charge in [-0.05, 0) is 44.0 Å². The van der Waals surface area contributed by atoms with Crippen LogP contribution in [0.15, 0.2) is 17.0 Å². The number of aliphatic hydroxyl groups is 1. The van der Waals surface area contributed by atoms with Gasteiger partial charge in [-0.15, -0.1) is 0 Å². The lowest BCUT2D eigenvalue weighted by molar-refractivity contribution is 0.198. The van der Waals surface area contributed by atoms with Crippen molar-refractivity contribution >= 4 is 15.7 Å². The summed E-state index contributed by atoms with van der Waals surface area (Å²) in [7, 11) is -3.61. The van der Waals surface area contributed by atoms with Crippen LogP contribution >= 0.6 is 0 Å². The monoisotopic (exact) mass is 258 g/mol.